The minimum absolute atomic E-state index is 0.502. The number of piperazine rings is 1. The van der Waals surface area contributed by atoms with Gasteiger partial charge < -0.3 is 4.90 Å². The highest BCUT2D eigenvalue weighted by Gasteiger charge is 2.31. The fourth-order valence-corrected chi connectivity index (χ4v) is 1.83. The monoisotopic (exact) mass is 244 g/mol. The van der Waals surface area contributed by atoms with Gasteiger partial charge in [0.05, 0.1) is 6.54 Å². The summed E-state index contributed by atoms with van der Waals surface area (Å²) >= 11 is 5.55. The Bertz CT molecular complexity index is 179. The number of rotatable bonds is 4. The molecule has 1 aliphatic heterocycles. The summed E-state index contributed by atoms with van der Waals surface area (Å²) in [6, 6.07) is 0. The standard InChI is InChI=1S/C9H16ClF3N2/c10-2-1-3-14-4-6-15(7-5-14)8-9(11,12)13/h1-8H2. The van der Waals surface area contributed by atoms with Crippen LogP contribution in [0.1, 0.15) is 6.42 Å². The lowest BCUT2D eigenvalue weighted by atomic mass is 10.3. The van der Waals surface area contributed by atoms with Crippen molar-refractivity contribution in [2.45, 2.75) is 12.6 Å². The molecule has 0 aromatic heterocycles. The number of halogens is 4. The molecule has 90 valence electrons. The van der Waals surface area contributed by atoms with Crippen LogP contribution in [0, 0.1) is 0 Å². The predicted molar refractivity (Wildman–Crippen MR) is 54.3 cm³/mol. The van der Waals surface area contributed by atoms with E-state index in [4.69, 9.17) is 11.6 Å². The highest BCUT2D eigenvalue weighted by atomic mass is 35.5. The number of hydrogen-bond acceptors (Lipinski definition) is 2. The van der Waals surface area contributed by atoms with Gasteiger partial charge in [0, 0.05) is 32.1 Å². The molecule has 0 N–H and O–H groups in total. The van der Waals surface area contributed by atoms with Crippen molar-refractivity contribution in [2.75, 3.05) is 45.1 Å². The Balaban J connectivity index is 2.18. The highest BCUT2D eigenvalue weighted by Crippen LogP contribution is 2.17. The summed E-state index contributed by atoms with van der Waals surface area (Å²) in [7, 11) is 0. The topological polar surface area (TPSA) is 6.48 Å². The molecule has 0 aliphatic carbocycles. The Labute approximate surface area is 93.0 Å². The van der Waals surface area contributed by atoms with E-state index >= 15 is 0 Å². The van der Waals surface area contributed by atoms with E-state index in [0.29, 0.717) is 32.1 Å². The molecular formula is C9H16ClF3N2. The molecule has 0 aromatic carbocycles. The quantitative estimate of drug-likeness (QED) is 0.696. The molecule has 0 atom stereocenters. The fourth-order valence-electron chi connectivity index (χ4n) is 1.71. The van der Waals surface area contributed by atoms with Gasteiger partial charge in [-0.05, 0) is 13.0 Å². The van der Waals surface area contributed by atoms with Crippen LogP contribution in [-0.4, -0.2) is 61.1 Å². The van der Waals surface area contributed by atoms with Crippen molar-refractivity contribution in [1.82, 2.24) is 9.80 Å². The first-order valence-corrected chi connectivity index (χ1v) is 5.62. The Hall–Kier alpha value is 0. The maximum Gasteiger partial charge on any atom is 0.401 e. The van der Waals surface area contributed by atoms with Crippen LogP contribution in [0.25, 0.3) is 0 Å². The molecule has 0 amide bonds. The third-order valence-electron chi connectivity index (χ3n) is 2.48. The zero-order valence-electron chi connectivity index (χ0n) is 8.56. The van der Waals surface area contributed by atoms with Crippen LogP contribution >= 0.6 is 11.6 Å². The molecule has 15 heavy (non-hydrogen) atoms. The highest BCUT2D eigenvalue weighted by molar-refractivity contribution is 6.17. The van der Waals surface area contributed by atoms with Gasteiger partial charge in [0.1, 0.15) is 0 Å². The average molecular weight is 245 g/mol. The molecule has 6 heteroatoms. The predicted octanol–water partition coefficient (Wildman–Crippen LogP) is 1.80. The molecule has 0 unspecified atom stereocenters. The summed E-state index contributed by atoms with van der Waals surface area (Å²) < 4.78 is 36.2. The van der Waals surface area contributed by atoms with Crippen molar-refractivity contribution < 1.29 is 13.2 Å². The van der Waals surface area contributed by atoms with E-state index in [1.165, 1.54) is 4.90 Å². The zero-order valence-corrected chi connectivity index (χ0v) is 9.32. The van der Waals surface area contributed by atoms with Gasteiger partial charge >= 0.3 is 6.18 Å². The van der Waals surface area contributed by atoms with Crippen LogP contribution in [0.5, 0.6) is 0 Å². The smallest absolute Gasteiger partial charge is 0.301 e. The van der Waals surface area contributed by atoms with Crippen molar-refractivity contribution in [2.24, 2.45) is 0 Å². The van der Waals surface area contributed by atoms with Gasteiger partial charge in [0.25, 0.3) is 0 Å². The van der Waals surface area contributed by atoms with Gasteiger partial charge in [-0.2, -0.15) is 13.2 Å². The second kappa shape index (κ2) is 5.92. The van der Waals surface area contributed by atoms with Crippen LogP contribution in [0.4, 0.5) is 13.2 Å². The van der Waals surface area contributed by atoms with E-state index in [9.17, 15) is 13.2 Å². The van der Waals surface area contributed by atoms with E-state index in [2.05, 4.69) is 4.90 Å². The van der Waals surface area contributed by atoms with E-state index in [1.807, 2.05) is 0 Å². The molecule has 0 bridgehead atoms. The zero-order chi connectivity index (χ0) is 11.3. The Kier molecular flexibility index (Phi) is 5.15. The van der Waals surface area contributed by atoms with Gasteiger partial charge in [-0.3, -0.25) is 4.90 Å². The third-order valence-corrected chi connectivity index (χ3v) is 2.74. The van der Waals surface area contributed by atoms with Gasteiger partial charge in [-0.1, -0.05) is 0 Å². The van der Waals surface area contributed by atoms with Crippen molar-refractivity contribution in [3.8, 4) is 0 Å². The van der Waals surface area contributed by atoms with Gasteiger partial charge in [-0.15, -0.1) is 11.6 Å². The molecule has 1 heterocycles. The van der Waals surface area contributed by atoms with Crippen molar-refractivity contribution in [3.05, 3.63) is 0 Å². The fraction of sp³-hybridized carbons (Fsp3) is 1.00. The Morgan fingerprint density at radius 3 is 2.00 bits per heavy atom. The van der Waals surface area contributed by atoms with Crippen LogP contribution < -0.4 is 0 Å². The number of hydrogen-bond donors (Lipinski definition) is 0. The van der Waals surface area contributed by atoms with E-state index in [0.717, 1.165) is 13.0 Å². The van der Waals surface area contributed by atoms with E-state index < -0.39 is 12.7 Å². The summed E-state index contributed by atoms with van der Waals surface area (Å²) in [5.41, 5.74) is 0. The van der Waals surface area contributed by atoms with Gasteiger partial charge in [-0.25, -0.2) is 0 Å². The molecule has 0 radical (unpaired) electrons. The second-order valence-corrected chi connectivity index (χ2v) is 4.15. The average Bonchev–Trinajstić information content (AvgIpc) is 2.14. The summed E-state index contributed by atoms with van der Waals surface area (Å²) in [6.45, 7) is 2.54. The number of nitrogens with zero attached hydrogens (tertiary/aromatic N) is 2. The van der Waals surface area contributed by atoms with Gasteiger partial charge in [0.2, 0.25) is 0 Å². The summed E-state index contributed by atoms with van der Waals surface area (Å²) in [6.07, 6.45) is -3.17. The first kappa shape index (κ1) is 13.1. The summed E-state index contributed by atoms with van der Waals surface area (Å²) in [5, 5.41) is 0. The molecule has 0 saturated carbocycles. The lowest BCUT2D eigenvalue weighted by Gasteiger charge is -2.34. The molecule has 0 aromatic rings. The van der Waals surface area contributed by atoms with Crippen LogP contribution in [-0.2, 0) is 0 Å². The Morgan fingerprint density at radius 1 is 1.00 bits per heavy atom. The normalized spacial score (nSPS) is 20.8. The molecule has 1 fully saturated rings. The molecule has 2 nitrogen and oxygen atoms in total. The first-order valence-electron chi connectivity index (χ1n) is 5.09. The lowest BCUT2D eigenvalue weighted by Crippen LogP contribution is -2.49. The minimum Gasteiger partial charge on any atom is -0.301 e. The third kappa shape index (κ3) is 5.58. The maximum absolute atomic E-state index is 12.1. The van der Waals surface area contributed by atoms with Gasteiger partial charge in [0.15, 0.2) is 0 Å². The lowest BCUT2D eigenvalue weighted by molar-refractivity contribution is -0.149. The minimum atomic E-state index is -4.07. The summed E-state index contributed by atoms with van der Waals surface area (Å²) in [4.78, 5) is 3.62. The molecular weight excluding hydrogens is 229 g/mol. The second-order valence-electron chi connectivity index (χ2n) is 3.78. The van der Waals surface area contributed by atoms with Crippen LogP contribution in [0.2, 0.25) is 0 Å². The van der Waals surface area contributed by atoms with E-state index in [1.54, 1.807) is 0 Å². The van der Waals surface area contributed by atoms with E-state index in [-0.39, 0.29) is 0 Å². The maximum atomic E-state index is 12.1. The summed E-state index contributed by atoms with van der Waals surface area (Å²) in [5.74, 6) is 0.614. The Morgan fingerprint density at radius 2 is 1.53 bits per heavy atom. The molecule has 1 aliphatic rings. The molecule has 0 spiro atoms. The van der Waals surface area contributed by atoms with Crippen molar-refractivity contribution in [1.29, 1.82) is 0 Å². The van der Waals surface area contributed by atoms with Crippen molar-refractivity contribution >= 4 is 11.6 Å². The van der Waals surface area contributed by atoms with Crippen molar-refractivity contribution in [3.63, 3.8) is 0 Å². The van der Waals surface area contributed by atoms with Crippen LogP contribution in [0.3, 0.4) is 0 Å². The largest absolute Gasteiger partial charge is 0.401 e. The first-order chi connectivity index (χ1) is 7.01. The molecule has 1 saturated heterocycles. The molecule has 1 rings (SSSR count). The SMILES string of the molecule is FC(F)(F)CN1CCN(CCCCl)CC1. The van der Waals surface area contributed by atoms with Crippen LogP contribution in [0.15, 0.2) is 0 Å². The number of alkyl halides is 4.